The van der Waals surface area contributed by atoms with E-state index in [-0.39, 0.29) is 49.6 Å². The summed E-state index contributed by atoms with van der Waals surface area (Å²) in [6.07, 6.45) is 0.477. The zero-order valence-electron chi connectivity index (χ0n) is 19.4. The lowest BCUT2D eigenvalue weighted by Gasteiger charge is -2.17. The lowest BCUT2D eigenvalue weighted by molar-refractivity contribution is 0.103. The number of hydrogen-bond donors (Lipinski definition) is 1. The second kappa shape index (κ2) is 10.8. The minimum atomic E-state index is -3.44. The number of benzene rings is 2. The van der Waals surface area contributed by atoms with Gasteiger partial charge in [0, 0.05) is 43.2 Å². The van der Waals surface area contributed by atoms with Crippen LogP contribution in [-0.4, -0.2) is 37.7 Å². The number of carbonyl (C=O) groups excluding carboxylic acids is 2. The molecule has 1 heterocycles. The van der Waals surface area contributed by atoms with Crippen molar-refractivity contribution in [2.24, 2.45) is 7.05 Å². The van der Waals surface area contributed by atoms with Crippen LogP contribution in [0.3, 0.4) is 0 Å². The van der Waals surface area contributed by atoms with Gasteiger partial charge < -0.3 is 14.6 Å². The van der Waals surface area contributed by atoms with Crippen molar-refractivity contribution in [1.82, 2.24) is 9.88 Å². The number of sulfone groups is 1. The number of amides is 1. The molecule has 12 heteroatoms. The first kappa shape index (κ1) is 27.4. The fourth-order valence-electron chi connectivity index (χ4n) is 3.40. The molecule has 3 rings (SSSR count). The van der Waals surface area contributed by atoms with Crippen LogP contribution in [0.2, 0.25) is 10.0 Å². The molecule has 2 aromatic carbocycles. The largest absolute Gasteiger partial charge is 0.412 e. The highest BCUT2D eigenvalue weighted by molar-refractivity contribution is 7.90. The number of hydrogen-bond acceptors (Lipinski definition) is 6. The van der Waals surface area contributed by atoms with Crippen LogP contribution in [0.4, 0.5) is 9.18 Å². The Morgan fingerprint density at radius 3 is 2.31 bits per heavy atom. The van der Waals surface area contributed by atoms with Crippen molar-refractivity contribution < 1.29 is 27.1 Å². The van der Waals surface area contributed by atoms with E-state index in [1.807, 2.05) is 0 Å². The predicted octanol–water partition coefficient (Wildman–Crippen LogP) is 4.38. The van der Waals surface area contributed by atoms with Crippen LogP contribution in [0.1, 0.15) is 28.4 Å². The van der Waals surface area contributed by atoms with Gasteiger partial charge in [0.2, 0.25) is 0 Å². The Hall–Kier alpha value is -3.21. The molecule has 1 aromatic heterocycles. The average Bonchev–Trinajstić information content (AvgIpc) is 2.80. The van der Waals surface area contributed by atoms with Gasteiger partial charge in [-0.3, -0.25) is 9.59 Å². The first-order valence-corrected chi connectivity index (χ1v) is 13.1. The fourth-order valence-corrected chi connectivity index (χ4v) is 4.93. The number of ether oxygens (including phenoxy) is 1. The molecule has 1 amide bonds. The fraction of sp³-hybridized carbons (Fsp3) is 0.208. The van der Waals surface area contributed by atoms with E-state index in [9.17, 15) is 27.2 Å². The van der Waals surface area contributed by atoms with Gasteiger partial charge in [-0.15, -0.1) is 0 Å². The molecule has 1 N–H and O–H groups in total. The Balaban J connectivity index is 2.33. The van der Waals surface area contributed by atoms with Crippen molar-refractivity contribution in [2.45, 2.75) is 12.7 Å². The Kier molecular flexibility index (Phi) is 8.22. The molecule has 0 unspecified atom stereocenters. The highest BCUT2D eigenvalue weighted by atomic mass is 35.5. The van der Waals surface area contributed by atoms with Gasteiger partial charge in [-0.25, -0.2) is 17.6 Å². The molecule has 0 saturated heterocycles. The van der Waals surface area contributed by atoms with Crippen LogP contribution in [0.5, 0.6) is 5.75 Å². The number of nitrogens with zero attached hydrogens (tertiary/aromatic N) is 1. The SMILES string of the molecule is CCS(=O)(=O)Cc1ccc(C(=O)c2c(Cl)cc(F)cc2Cl)c(-c2cn(C)c(=O)cc2OC(=O)NC)c1. The van der Waals surface area contributed by atoms with Gasteiger partial charge >= 0.3 is 6.09 Å². The normalized spacial score (nSPS) is 11.3. The lowest BCUT2D eigenvalue weighted by atomic mass is 9.92. The molecular formula is C24H21Cl2FN2O6S. The van der Waals surface area contributed by atoms with Gasteiger partial charge in [0.25, 0.3) is 5.56 Å². The summed E-state index contributed by atoms with van der Waals surface area (Å²) >= 11 is 12.3. The van der Waals surface area contributed by atoms with Crippen LogP contribution >= 0.6 is 23.2 Å². The summed E-state index contributed by atoms with van der Waals surface area (Å²) < 4.78 is 44.7. The average molecular weight is 555 g/mol. The standard InChI is InChI=1S/C24H21Cl2FN2O6S/c1-4-36(33,34)12-13-5-6-15(23(31)22-18(25)8-14(27)9-19(22)26)16(7-13)17-11-29(3)21(30)10-20(17)35-24(32)28-2/h5-11H,4,12H2,1-3H3,(H,28,32). The van der Waals surface area contributed by atoms with Crippen LogP contribution in [-0.2, 0) is 22.6 Å². The molecule has 0 aliphatic heterocycles. The molecule has 0 fully saturated rings. The summed E-state index contributed by atoms with van der Waals surface area (Å²) in [5.74, 6) is -2.01. The Bertz CT molecular complexity index is 1510. The number of ketones is 1. The van der Waals surface area contributed by atoms with E-state index in [1.54, 1.807) is 0 Å². The molecule has 0 aliphatic rings. The predicted molar refractivity (Wildman–Crippen MR) is 135 cm³/mol. The van der Waals surface area contributed by atoms with Crippen molar-refractivity contribution in [3.8, 4) is 16.9 Å². The first-order valence-electron chi connectivity index (χ1n) is 10.5. The van der Waals surface area contributed by atoms with E-state index in [0.717, 1.165) is 18.2 Å². The molecular weight excluding hydrogens is 534 g/mol. The Labute approximate surface area is 216 Å². The quantitative estimate of drug-likeness (QED) is 0.433. The summed E-state index contributed by atoms with van der Waals surface area (Å²) in [6, 6.07) is 7.22. The summed E-state index contributed by atoms with van der Waals surface area (Å²) in [4.78, 5) is 37.8. The monoisotopic (exact) mass is 554 g/mol. The number of nitrogens with one attached hydrogen (secondary N) is 1. The second-order valence-electron chi connectivity index (χ2n) is 7.77. The number of halogens is 3. The summed E-state index contributed by atoms with van der Waals surface area (Å²) in [5.41, 5.74) is -0.0276. The van der Waals surface area contributed by atoms with Gasteiger partial charge in [0.1, 0.15) is 11.6 Å². The van der Waals surface area contributed by atoms with Crippen molar-refractivity contribution in [3.63, 3.8) is 0 Å². The van der Waals surface area contributed by atoms with E-state index < -0.39 is 33.1 Å². The second-order valence-corrected chi connectivity index (χ2v) is 10.9. The lowest BCUT2D eigenvalue weighted by Crippen LogP contribution is -2.24. The van der Waals surface area contributed by atoms with Crippen LogP contribution in [0.15, 0.2) is 47.4 Å². The maximum absolute atomic E-state index is 13.7. The van der Waals surface area contributed by atoms with E-state index in [4.69, 9.17) is 27.9 Å². The number of aromatic nitrogens is 1. The molecule has 0 atom stereocenters. The third kappa shape index (κ3) is 5.95. The smallest absolute Gasteiger partial charge is 0.409 e. The maximum Gasteiger partial charge on any atom is 0.412 e. The van der Waals surface area contributed by atoms with Gasteiger partial charge in [0.15, 0.2) is 15.6 Å². The summed E-state index contributed by atoms with van der Waals surface area (Å²) in [6.45, 7) is 1.51. The van der Waals surface area contributed by atoms with Crippen LogP contribution < -0.4 is 15.6 Å². The van der Waals surface area contributed by atoms with Gasteiger partial charge in [-0.1, -0.05) is 42.3 Å². The Morgan fingerprint density at radius 2 is 1.72 bits per heavy atom. The summed E-state index contributed by atoms with van der Waals surface area (Å²) in [5, 5.41) is 1.82. The van der Waals surface area contributed by atoms with Crippen LogP contribution in [0, 0.1) is 5.82 Å². The molecule has 36 heavy (non-hydrogen) atoms. The molecule has 0 radical (unpaired) electrons. The van der Waals surface area contributed by atoms with Gasteiger partial charge in [-0.05, 0) is 29.3 Å². The molecule has 0 spiro atoms. The highest BCUT2D eigenvalue weighted by Crippen LogP contribution is 2.36. The first-order chi connectivity index (χ1) is 16.9. The van der Waals surface area contributed by atoms with E-state index in [1.165, 1.54) is 50.0 Å². The minimum Gasteiger partial charge on any atom is -0.409 e. The number of pyridine rings is 1. The zero-order valence-corrected chi connectivity index (χ0v) is 21.7. The molecule has 0 saturated carbocycles. The molecule has 3 aromatic rings. The van der Waals surface area contributed by atoms with Crippen molar-refractivity contribution in [3.05, 3.63) is 85.5 Å². The van der Waals surface area contributed by atoms with Gasteiger partial charge in [0.05, 0.1) is 21.4 Å². The van der Waals surface area contributed by atoms with Crippen LogP contribution in [0.25, 0.3) is 11.1 Å². The third-order valence-electron chi connectivity index (χ3n) is 5.28. The molecule has 8 nitrogen and oxygen atoms in total. The van der Waals surface area contributed by atoms with E-state index in [2.05, 4.69) is 5.32 Å². The number of rotatable bonds is 7. The molecule has 0 bridgehead atoms. The van der Waals surface area contributed by atoms with Gasteiger partial charge in [-0.2, -0.15) is 0 Å². The topological polar surface area (TPSA) is 112 Å². The number of carbonyl (C=O) groups is 2. The summed E-state index contributed by atoms with van der Waals surface area (Å²) in [7, 11) is -0.662. The zero-order chi connectivity index (χ0) is 26.8. The maximum atomic E-state index is 13.7. The molecule has 0 aliphatic carbocycles. The van der Waals surface area contributed by atoms with E-state index in [0.29, 0.717) is 5.56 Å². The number of aryl methyl sites for hydroxylation is 1. The van der Waals surface area contributed by atoms with Crippen molar-refractivity contribution in [2.75, 3.05) is 12.8 Å². The van der Waals surface area contributed by atoms with Crippen molar-refractivity contribution in [1.29, 1.82) is 0 Å². The van der Waals surface area contributed by atoms with Crippen molar-refractivity contribution >= 4 is 44.9 Å². The highest BCUT2D eigenvalue weighted by Gasteiger charge is 2.25. The third-order valence-corrected chi connectivity index (χ3v) is 7.53. The molecule has 190 valence electrons. The van der Waals surface area contributed by atoms with E-state index >= 15 is 0 Å². The Morgan fingerprint density at radius 1 is 1.08 bits per heavy atom. The minimum absolute atomic E-state index is 0.00320.